The highest BCUT2D eigenvalue weighted by atomic mass is 16.5. The van der Waals surface area contributed by atoms with Crippen LogP contribution in [0.5, 0.6) is 0 Å². The zero-order valence-electron chi connectivity index (χ0n) is 16.6. The van der Waals surface area contributed by atoms with Crippen LogP contribution in [0.3, 0.4) is 0 Å². The van der Waals surface area contributed by atoms with Crippen LogP contribution in [0.25, 0.3) is 11.4 Å². The summed E-state index contributed by atoms with van der Waals surface area (Å²) in [4.78, 5) is 22.9. The van der Waals surface area contributed by atoms with E-state index in [9.17, 15) is 4.79 Å². The van der Waals surface area contributed by atoms with Crippen molar-refractivity contribution in [3.8, 4) is 11.4 Å². The second-order valence-electron chi connectivity index (χ2n) is 7.25. The summed E-state index contributed by atoms with van der Waals surface area (Å²) in [7, 11) is 0. The number of ether oxygens (including phenoxy) is 1. The molecule has 1 atom stereocenters. The van der Waals surface area contributed by atoms with Crippen LogP contribution in [0.1, 0.15) is 30.1 Å². The van der Waals surface area contributed by atoms with Gasteiger partial charge in [-0.2, -0.15) is 10.1 Å². The molecule has 0 saturated carbocycles. The predicted octanol–water partition coefficient (Wildman–Crippen LogP) is 2.15. The number of hydrogen-bond donors (Lipinski definition) is 0. The highest BCUT2D eigenvalue weighted by molar-refractivity contribution is 5.76. The third-order valence-electron chi connectivity index (χ3n) is 4.97. The second-order valence-corrected chi connectivity index (χ2v) is 7.25. The molecule has 0 aliphatic carbocycles. The topological polar surface area (TPSA) is 99.2 Å². The minimum atomic E-state index is -0.0515. The fraction of sp³-hybridized carbons (Fsp3) is 0.450. The van der Waals surface area contributed by atoms with E-state index in [4.69, 9.17) is 9.26 Å². The molecular formula is C20H24N6O3. The average Bonchev–Trinajstić information content (AvgIpc) is 3.33. The average molecular weight is 396 g/mol. The number of piperidine rings is 1. The van der Waals surface area contributed by atoms with Gasteiger partial charge >= 0.3 is 0 Å². The molecule has 1 aliphatic heterocycles. The van der Waals surface area contributed by atoms with E-state index in [0.717, 1.165) is 36.3 Å². The van der Waals surface area contributed by atoms with Crippen LogP contribution < -0.4 is 0 Å². The first-order chi connectivity index (χ1) is 14.1. The van der Waals surface area contributed by atoms with Crippen molar-refractivity contribution in [1.82, 2.24) is 29.8 Å². The van der Waals surface area contributed by atoms with Crippen molar-refractivity contribution in [1.29, 1.82) is 0 Å². The van der Waals surface area contributed by atoms with Gasteiger partial charge in [0, 0.05) is 36.7 Å². The molecular weight excluding hydrogens is 372 g/mol. The first-order valence-corrected chi connectivity index (χ1v) is 9.72. The van der Waals surface area contributed by atoms with Crippen LogP contribution in [0.4, 0.5) is 0 Å². The van der Waals surface area contributed by atoms with Crippen molar-refractivity contribution in [2.24, 2.45) is 0 Å². The van der Waals surface area contributed by atoms with E-state index in [-0.39, 0.29) is 25.2 Å². The molecule has 4 heterocycles. The van der Waals surface area contributed by atoms with Crippen LogP contribution in [0.2, 0.25) is 0 Å². The number of aryl methyl sites for hydroxylation is 2. The summed E-state index contributed by atoms with van der Waals surface area (Å²) in [6.45, 7) is 5.66. The summed E-state index contributed by atoms with van der Waals surface area (Å²) >= 11 is 0. The SMILES string of the molecule is Cc1cc(C)n(CC(=O)N2CCCC(OCc3nc(-c4ccncc4)no3)C2)n1. The zero-order chi connectivity index (χ0) is 20.2. The molecule has 0 aromatic carbocycles. The van der Waals surface area contributed by atoms with Crippen LogP contribution in [-0.2, 0) is 22.7 Å². The van der Waals surface area contributed by atoms with E-state index in [1.165, 1.54) is 0 Å². The maximum Gasteiger partial charge on any atom is 0.252 e. The predicted molar refractivity (Wildman–Crippen MR) is 104 cm³/mol. The summed E-state index contributed by atoms with van der Waals surface area (Å²) in [5.74, 6) is 0.988. The number of hydrogen-bond acceptors (Lipinski definition) is 7. The number of pyridine rings is 1. The van der Waals surface area contributed by atoms with Crippen LogP contribution in [0.15, 0.2) is 35.1 Å². The van der Waals surface area contributed by atoms with Gasteiger partial charge in [0.2, 0.25) is 11.7 Å². The van der Waals surface area contributed by atoms with Crippen molar-refractivity contribution in [3.05, 3.63) is 47.9 Å². The minimum absolute atomic E-state index is 0.0515. The van der Waals surface area contributed by atoms with Crippen LogP contribution >= 0.6 is 0 Å². The molecule has 1 unspecified atom stereocenters. The Labute approximate surface area is 168 Å². The summed E-state index contributed by atoms with van der Waals surface area (Å²) < 4.78 is 13.0. The van der Waals surface area contributed by atoms with Crippen molar-refractivity contribution in [2.45, 2.75) is 45.9 Å². The normalized spacial score (nSPS) is 16.9. The quantitative estimate of drug-likeness (QED) is 0.629. The number of rotatable bonds is 6. The Hall–Kier alpha value is -3.07. The minimum Gasteiger partial charge on any atom is -0.367 e. The Morgan fingerprint density at radius 2 is 2.14 bits per heavy atom. The van der Waals surface area contributed by atoms with Gasteiger partial charge < -0.3 is 14.2 Å². The lowest BCUT2D eigenvalue weighted by Gasteiger charge is -2.32. The molecule has 0 N–H and O–H groups in total. The maximum absolute atomic E-state index is 12.7. The monoisotopic (exact) mass is 396 g/mol. The van der Waals surface area contributed by atoms with E-state index < -0.39 is 0 Å². The Bertz CT molecular complexity index is 968. The lowest BCUT2D eigenvalue weighted by atomic mass is 10.1. The van der Waals surface area contributed by atoms with Gasteiger partial charge in [-0.1, -0.05) is 5.16 Å². The summed E-state index contributed by atoms with van der Waals surface area (Å²) in [5, 5.41) is 8.36. The van der Waals surface area contributed by atoms with E-state index in [1.54, 1.807) is 17.1 Å². The Morgan fingerprint density at radius 3 is 2.90 bits per heavy atom. The molecule has 9 heteroatoms. The zero-order valence-corrected chi connectivity index (χ0v) is 16.6. The molecule has 29 heavy (non-hydrogen) atoms. The highest BCUT2D eigenvalue weighted by Crippen LogP contribution is 2.18. The van der Waals surface area contributed by atoms with Gasteiger partial charge in [-0.3, -0.25) is 14.5 Å². The van der Waals surface area contributed by atoms with Gasteiger partial charge in [-0.15, -0.1) is 0 Å². The third kappa shape index (κ3) is 4.68. The molecule has 1 saturated heterocycles. The standard InChI is InChI=1S/C20H24N6O3/c1-14-10-15(2)26(23-14)12-19(27)25-9-3-4-17(11-25)28-13-18-22-20(24-29-18)16-5-7-21-8-6-16/h5-8,10,17H,3-4,9,11-13H2,1-2H3. The van der Waals surface area contributed by atoms with Gasteiger partial charge in [0.25, 0.3) is 5.89 Å². The molecule has 3 aromatic rings. The second kappa shape index (κ2) is 8.52. The van der Waals surface area contributed by atoms with Crippen molar-refractivity contribution < 1.29 is 14.1 Å². The highest BCUT2D eigenvalue weighted by Gasteiger charge is 2.25. The molecule has 1 fully saturated rings. The third-order valence-corrected chi connectivity index (χ3v) is 4.97. The smallest absolute Gasteiger partial charge is 0.252 e. The summed E-state index contributed by atoms with van der Waals surface area (Å²) in [5.41, 5.74) is 2.75. The Kier molecular flexibility index (Phi) is 5.66. The Balaban J connectivity index is 1.30. The van der Waals surface area contributed by atoms with Gasteiger partial charge in [0.1, 0.15) is 13.2 Å². The van der Waals surface area contributed by atoms with Gasteiger partial charge in [0.05, 0.1) is 11.8 Å². The van der Waals surface area contributed by atoms with Gasteiger partial charge in [-0.05, 0) is 44.9 Å². The molecule has 0 spiro atoms. The summed E-state index contributed by atoms with van der Waals surface area (Å²) in [6, 6.07) is 5.62. The largest absolute Gasteiger partial charge is 0.367 e. The summed E-state index contributed by atoms with van der Waals surface area (Å²) in [6.07, 6.45) is 5.11. The lowest BCUT2D eigenvalue weighted by molar-refractivity contribution is -0.136. The molecule has 152 valence electrons. The lowest BCUT2D eigenvalue weighted by Crippen LogP contribution is -2.44. The molecule has 1 amide bonds. The fourth-order valence-corrected chi connectivity index (χ4v) is 3.48. The first kappa shape index (κ1) is 19.3. The molecule has 3 aromatic heterocycles. The molecule has 0 radical (unpaired) electrons. The van der Waals surface area contributed by atoms with E-state index in [2.05, 4.69) is 20.2 Å². The van der Waals surface area contributed by atoms with Crippen LogP contribution in [-0.4, -0.2) is 54.9 Å². The number of aromatic nitrogens is 5. The van der Waals surface area contributed by atoms with E-state index in [0.29, 0.717) is 18.3 Å². The van der Waals surface area contributed by atoms with Crippen molar-refractivity contribution in [2.75, 3.05) is 13.1 Å². The van der Waals surface area contributed by atoms with Crippen molar-refractivity contribution >= 4 is 5.91 Å². The maximum atomic E-state index is 12.7. The van der Waals surface area contributed by atoms with Gasteiger partial charge in [0.15, 0.2) is 0 Å². The molecule has 0 bridgehead atoms. The fourth-order valence-electron chi connectivity index (χ4n) is 3.48. The van der Waals surface area contributed by atoms with Gasteiger partial charge in [-0.25, -0.2) is 0 Å². The number of carbonyl (C=O) groups excluding carboxylic acids is 1. The van der Waals surface area contributed by atoms with Crippen LogP contribution in [0, 0.1) is 13.8 Å². The Morgan fingerprint density at radius 1 is 1.31 bits per heavy atom. The molecule has 9 nitrogen and oxygen atoms in total. The first-order valence-electron chi connectivity index (χ1n) is 9.72. The van der Waals surface area contributed by atoms with Crippen molar-refractivity contribution in [3.63, 3.8) is 0 Å². The van der Waals surface area contributed by atoms with E-state index >= 15 is 0 Å². The molecule has 4 rings (SSSR count). The van der Waals surface area contributed by atoms with E-state index in [1.807, 2.05) is 36.9 Å². The number of likely N-dealkylation sites (tertiary alicyclic amines) is 1. The molecule has 1 aliphatic rings. The number of carbonyl (C=O) groups is 1. The number of nitrogens with zero attached hydrogens (tertiary/aromatic N) is 6. The number of amides is 1.